The zero-order chi connectivity index (χ0) is 10.3. The smallest absolute Gasteiger partial charge is 0.158 e. The maximum atomic E-state index is 11.6. The Labute approximate surface area is 86.6 Å². The minimum Gasteiger partial charge on any atom is -0.295 e. The van der Waals surface area contributed by atoms with Gasteiger partial charge in [0.1, 0.15) is 0 Å². The molecule has 0 amide bonds. The first-order chi connectivity index (χ1) is 6.54. The second-order valence-electron chi connectivity index (χ2n) is 5.35. The van der Waals surface area contributed by atoms with E-state index in [0.717, 1.165) is 17.9 Å². The lowest BCUT2D eigenvalue weighted by atomic mass is 9.57. The molecule has 3 atom stereocenters. The third-order valence-corrected chi connectivity index (χ3v) is 4.53. The maximum Gasteiger partial charge on any atom is 0.158 e. The molecule has 0 saturated heterocycles. The van der Waals surface area contributed by atoms with E-state index in [1.807, 2.05) is 6.92 Å². The Morgan fingerprint density at radius 3 is 2.86 bits per heavy atom. The number of fused-ring (bicyclic) bond motifs is 1. The predicted octanol–water partition coefficient (Wildman–Crippen LogP) is 3.35. The molecule has 2 rings (SSSR count). The Balaban J connectivity index is 2.36. The van der Waals surface area contributed by atoms with Crippen molar-refractivity contribution in [3.8, 4) is 0 Å². The van der Waals surface area contributed by atoms with Gasteiger partial charge in [0.25, 0.3) is 0 Å². The Morgan fingerprint density at radius 1 is 1.43 bits per heavy atom. The summed E-state index contributed by atoms with van der Waals surface area (Å²) >= 11 is 0. The summed E-state index contributed by atoms with van der Waals surface area (Å²) in [6.45, 7) is 6.66. The second-order valence-corrected chi connectivity index (χ2v) is 5.35. The van der Waals surface area contributed by atoms with Crippen LogP contribution in [0.15, 0.2) is 11.6 Å². The Hall–Kier alpha value is -0.590. The van der Waals surface area contributed by atoms with Gasteiger partial charge in [-0.2, -0.15) is 0 Å². The maximum absolute atomic E-state index is 11.6. The number of carbonyl (C=O) groups excluding carboxylic acids is 1. The van der Waals surface area contributed by atoms with Crippen molar-refractivity contribution >= 4 is 5.78 Å². The van der Waals surface area contributed by atoms with E-state index in [9.17, 15) is 4.79 Å². The number of carbonyl (C=O) groups is 1. The van der Waals surface area contributed by atoms with Crippen LogP contribution in [0.3, 0.4) is 0 Å². The van der Waals surface area contributed by atoms with Crippen molar-refractivity contribution in [2.75, 3.05) is 0 Å². The minimum atomic E-state index is 0.302. The molecule has 0 unspecified atom stereocenters. The highest BCUT2D eigenvalue weighted by molar-refractivity contribution is 5.96. The molecule has 0 aromatic rings. The fourth-order valence-corrected chi connectivity index (χ4v) is 3.21. The summed E-state index contributed by atoms with van der Waals surface area (Å²) in [4.78, 5) is 11.6. The summed E-state index contributed by atoms with van der Waals surface area (Å²) < 4.78 is 0. The van der Waals surface area contributed by atoms with E-state index in [1.54, 1.807) is 0 Å². The van der Waals surface area contributed by atoms with Crippen LogP contribution in [0.2, 0.25) is 0 Å². The first-order valence-electron chi connectivity index (χ1n) is 5.76. The predicted molar refractivity (Wildman–Crippen MR) is 58.0 cm³/mol. The van der Waals surface area contributed by atoms with Crippen LogP contribution in [0, 0.1) is 17.3 Å². The van der Waals surface area contributed by atoms with Gasteiger partial charge in [-0.05, 0) is 42.6 Å². The van der Waals surface area contributed by atoms with Gasteiger partial charge in [0.15, 0.2) is 5.78 Å². The number of hydrogen-bond acceptors (Lipinski definition) is 1. The molecule has 0 aromatic carbocycles. The molecule has 14 heavy (non-hydrogen) atoms. The molecule has 0 aliphatic heterocycles. The molecule has 0 spiro atoms. The number of ketones is 1. The molecule has 1 fully saturated rings. The summed E-state index contributed by atoms with van der Waals surface area (Å²) in [5, 5.41) is 0. The average Bonchev–Trinajstić information content (AvgIpc) is 2.11. The minimum absolute atomic E-state index is 0.302. The number of allylic oxidation sites excluding steroid dienone is 2. The molecular formula is C13H20O. The van der Waals surface area contributed by atoms with Crippen molar-refractivity contribution in [3.63, 3.8) is 0 Å². The molecule has 0 N–H and O–H groups in total. The van der Waals surface area contributed by atoms with Crippen molar-refractivity contribution in [1.82, 2.24) is 0 Å². The zero-order valence-corrected chi connectivity index (χ0v) is 9.47. The quantitative estimate of drug-likeness (QED) is 0.575. The normalized spacial score (nSPS) is 43.1. The highest BCUT2D eigenvalue weighted by Crippen LogP contribution is 2.50. The van der Waals surface area contributed by atoms with Crippen LogP contribution in [0.4, 0.5) is 0 Å². The van der Waals surface area contributed by atoms with Crippen molar-refractivity contribution in [2.24, 2.45) is 17.3 Å². The highest BCUT2D eigenvalue weighted by atomic mass is 16.1. The largest absolute Gasteiger partial charge is 0.295 e. The highest BCUT2D eigenvalue weighted by Gasteiger charge is 2.43. The van der Waals surface area contributed by atoms with Crippen molar-refractivity contribution < 1.29 is 4.79 Å². The average molecular weight is 192 g/mol. The van der Waals surface area contributed by atoms with Crippen molar-refractivity contribution in [3.05, 3.63) is 11.6 Å². The number of hydrogen-bond donors (Lipinski definition) is 0. The monoisotopic (exact) mass is 192 g/mol. The molecule has 2 aliphatic carbocycles. The van der Waals surface area contributed by atoms with Crippen LogP contribution in [0.25, 0.3) is 0 Å². The van der Waals surface area contributed by atoms with E-state index in [2.05, 4.69) is 19.9 Å². The standard InChI is InChI=1S/C13H20O/c1-9-8-13(3)10(2)5-4-6-11(13)7-12(9)14/h8,10-11H,4-7H2,1-3H3/t10-,11+,13+/m1/s1. The van der Waals surface area contributed by atoms with E-state index < -0.39 is 0 Å². The van der Waals surface area contributed by atoms with Gasteiger partial charge in [-0.15, -0.1) is 0 Å². The third kappa shape index (κ3) is 1.34. The van der Waals surface area contributed by atoms with Gasteiger partial charge >= 0.3 is 0 Å². The van der Waals surface area contributed by atoms with Gasteiger partial charge in [-0.25, -0.2) is 0 Å². The molecule has 1 saturated carbocycles. The number of Topliss-reactive ketones (excluding diaryl/α,β-unsaturated/α-hetero) is 1. The second kappa shape index (κ2) is 3.22. The zero-order valence-electron chi connectivity index (χ0n) is 9.47. The van der Waals surface area contributed by atoms with Crippen molar-refractivity contribution in [2.45, 2.75) is 46.5 Å². The van der Waals surface area contributed by atoms with Gasteiger partial charge in [-0.1, -0.05) is 26.3 Å². The van der Waals surface area contributed by atoms with Crippen LogP contribution in [0.1, 0.15) is 46.5 Å². The molecule has 78 valence electrons. The Kier molecular flexibility index (Phi) is 2.29. The Bertz CT molecular complexity index is 290. The molecule has 0 bridgehead atoms. The van der Waals surface area contributed by atoms with Crippen LogP contribution < -0.4 is 0 Å². The van der Waals surface area contributed by atoms with Gasteiger partial charge in [0.05, 0.1) is 0 Å². The summed E-state index contributed by atoms with van der Waals surface area (Å²) in [7, 11) is 0. The van der Waals surface area contributed by atoms with Gasteiger partial charge in [0.2, 0.25) is 0 Å². The lowest BCUT2D eigenvalue weighted by Crippen LogP contribution is -2.40. The SMILES string of the molecule is CC1=C[C@]2(C)[C@@H](CCC[C@H]2C)CC1=O. The first-order valence-corrected chi connectivity index (χ1v) is 5.76. The van der Waals surface area contributed by atoms with E-state index in [0.29, 0.717) is 17.1 Å². The molecular weight excluding hydrogens is 172 g/mol. The van der Waals surface area contributed by atoms with E-state index in [-0.39, 0.29) is 0 Å². The Morgan fingerprint density at radius 2 is 2.14 bits per heavy atom. The van der Waals surface area contributed by atoms with Crippen molar-refractivity contribution in [1.29, 1.82) is 0 Å². The topological polar surface area (TPSA) is 17.1 Å². The fourth-order valence-electron chi connectivity index (χ4n) is 3.21. The number of rotatable bonds is 0. The van der Waals surface area contributed by atoms with Crippen LogP contribution in [-0.2, 0) is 4.79 Å². The van der Waals surface area contributed by atoms with E-state index >= 15 is 0 Å². The molecule has 2 aliphatic rings. The van der Waals surface area contributed by atoms with E-state index in [1.165, 1.54) is 19.3 Å². The lowest BCUT2D eigenvalue weighted by Gasteiger charge is -2.47. The molecule has 0 heterocycles. The fraction of sp³-hybridized carbons (Fsp3) is 0.769. The van der Waals surface area contributed by atoms with Gasteiger partial charge in [0, 0.05) is 6.42 Å². The van der Waals surface area contributed by atoms with Gasteiger partial charge in [-0.3, -0.25) is 4.79 Å². The van der Waals surface area contributed by atoms with E-state index in [4.69, 9.17) is 0 Å². The van der Waals surface area contributed by atoms with Crippen LogP contribution in [0.5, 0.6) is 0 Å². The lowest BCUT2D eigenvalue weighted by molar-refractivity contribution is -0.119. The summed E-state index contributed by atoms with van der Waals surface area (Å²) in [5.41, 5.74) is 1.30. The van der Waals surface area contributed by atoms with Crippen LogP contribution >= 0.6 is 0 Å². The molecule has 1 nitrogen and oxygen atoms in total. The van der Waals surface area contributed by atoms with Gasteiger partial charge < -0.3 is 0 Å². The summed E-state index contributed by atoms with van der Waals surface area (Å²) in [6.07, 6.45) is 6.93. The first kappa shape index (κ1) is 9.95. The summed E-state index contributed by atoms with van der Waals surface area (Å²) in [5.74, 6) is 1.73. The molecule has 0 aromatic heterocycles. The summed E-state index contributed by atoms with van der Waals surface area (Å²) in [6, 6.07) is 0. The molecule has 1 heteroatoms. The van der Waals surface area contributed by atoms with Crippen LogP contribution in [-0.4, -0.2) is 5.78 Å². The molecule has 0 radical (unpaired) electrons. The third-order valence-electron chi connectivity index (χ3n) is 4.53.